The molecule has 0 bridgehead atoms. The Balaban J connectivity index is 2.39. The molecule has 0 amide bonds. The van der Waals surface area contributed by atoms with E-state index in [1.807, 2.05) is 0 Å². The minimum absolute atomic E-state index is 0.331. The van der Waals surface area contributed by atoms with E-state index in [9.17, 15) is 0 Å². The van der Waals surface area contributed by atoms with Gasteiger partial charge in [0.2, 0.25) is 0 Å². The van der Waals surface area contributed by atoms with Crippen molar-refractivity contribution in [3.05, 3.63) is 0 Å². The van der Waals surface area contributed by atoms with E-state index in [1.165, 1.54) is 32.4 Å². The highest BCUT2D eigenvalue weighted by Crippen LogP contribution is 2.16. The van der Waals surface area contributed by atoms with E-state index in [4.69, 9.17) is 11.1 Å². The summed E-state index contributed by atoms with van der Waals surface area (Å²) in [5, 5.41) is 7.30. The Morgan fingerprint density at radius 2 is 2.00 bits per heavy atom. The molecule has 1 aliphatic heterocycles. The third kappa shape index (κ3) is 3.35. The third-order valence-corrected chi connectivity index (χ3v) is 2.83. The van der Waals surface area contributed by atoms with Crippen LogP contribution in [0.4, 0.5) is 0 Å². The highest BCUT2D eigenvalue weighted by Gasteiger charge is 2.19. The van der Waals surface area contributed by atoms with Crippen LogP contribution in [0.1, 0.15) is 39.0 Å². The molecule has 1 unspecified atom stereocenters. The zero-order chi connectivity index (χ0) is 9.68. The molecule has 0 saturated carbocycles. The van der Waals surface area contributed by atoms with E-state index >= 15 is 0 Å². The summed E-state index contributed by atoms with van der Waals surface area (Å²) >= 11 is 0. The summed E-state index contributed by atoms with van der Waals surface area (Å²) in [4.78, 5) is 2.49. The van der Waals surface area contributed by atoms with Crippen LogP contribution in [0.5, 0.6) is 0 Å². The molecule has 0 aromatic rings. The van der Waals surface area contributed by atoms with Crippen LogP contribution in [-0.2, 0) is 0 Å². The van der Waals surface area contributed by atoms with Crippen LogP contribution >= 0.6 is 0 Å². The smallest absolute Gasteiger partial charge is 0.0921 e. The van der Waals surface area contributed by atoms with Crippen LogP contribution in [0.15, 0.2) is 0 Å². The molecule has 1 atom stereocenters. The minimum Gasteiger partial charge on any atom is -0.388 e. The fourth-order valence-corrected chi connectivity index (χ4v) is 2.07. The minimum atomic E-state index is 0.331. The van der Waals surface area contributed by atoms with Crippen LogP contribution in [0, 0.1) is 5.41 Å². The van der Waals surface area contributed by atoms with Crippen LogP contribution in [0.2, 0.25) is 0 Å². The Hall–Kier alpha value is -0.570. The fourth-order valence-electron chi connectivity index (χ4n) is 2.07. The molecule has 3 heteroatoms. The number of nitrogens with two attached hydrogens (primary N) is 1. The maximum atomic E-state index is 7.30. The Labute approximate surface area is 80.8 Å². The maximum absolute atomic E-state index is 7.30. The average molecular weight is 183 g/mol. The van der Waals surface area contributed by atoms with Crippen molar-refractivity contribution in [1.29, 1.82) is 5.41 Å². The molecule has 1 fully saturated rings. The van der Waals surface area contributed by atoms with Crippen LogP contribution in [-0.4, -0.2) is 29.9 Å². The molecule has 3 nitrogen and oxygen atoms in total. The van der Waals surface area contributed by atoms with E-state index in [0.717, 1.165) is 12.8 Å². The van der Waals surface area contributed by atoms with E-state index in [1.54, 1.807) is 0 Å². The SMILES string of the molecule is CCC(CC(=N)N)N1CCCCC1. The van der Waals surface area contributed by atoms with Crippen LogP contribution < -0.4 is 5.73 Å². The van der Waals surface area contributed by atoms with Gasteiger partial charge >= 0.3 is 0 Å². The second-order valence-corrected chi connectivity index (χ2v) is 3.89. The average Bonchev–Trinajstić information content (AvgIpc) is 2.15. The summed E-state index contributed by atoms with van der Waals surface area (Å²) in [7, 11) is 0. The number of piperidine rings is 1. The number of amidine groups is 1. The Kier molecular flexibility index (Phi) is 4.22. The molecule has 0 spiro atoms. The second-order valence-electron chi connectivity index (χ2n) is 3.89. The normalized spacial score (nSPS) is 21.3. The van der Waals surface area contributed by atoms with Crippen LogP contribution in [0.25, 0.3) is 0 Å². The van der Waals surface area contributed by atoms with Gasteiger partial charge < -0.3 is 5.73 Å². The van der Waals surface area contributed by atoms with Gasteiger partial charge in [-0.3, -0.25) is 10.3 Å². The summed E-state index contributed by atoms with van der Waals surface area (Å²) in [6, 6.07) is 0.512. The van der Waals surface area contributed by atoms with Gasteiger partial charge in [0.05, 0.1) is 5.84 Å². The molecule has 3 N–H and O–H groups in total. The molecule has 0 aromatic heterocycles. The van der Waals surface area contributed by atoms with Crippen LogP contribution in [0.3, 0.4) is 0 Å². The largest absolute Gasteiger partial charge is 0.388 e. The summed E-state index contributed by atoms with van der Waals surface area (Å²) in [6.07, 6.45) is 5.85. The summed E-state index contributed by atoms with van der Waals surface area (Å²) in [5.74, 6) is 0.331. The molecule has 13 heavy (non-hydrogen) atoms. The first-order valence-corrected chi connectivity index (χ1v) is 5.31. The van der Waals surface area contributed by atoms with Gasteiger partial charge in [0.15, 0.2) is 0 Å². The van der Waals surface area contributed by atoms with Gasteiger partial charge in [-0.25, -0.2) is 0 Å². The number of likely N-dealkylation sites (tertiary alicyclic amines) is 1. The van der Waals surface area contributed by atoms with Gasteiger partial charge in [-0.05, 0) is 32.4 Å². The quantitative estimate of drug-likeness (QED) is 0.513. The maximum Gasteiger partial charge on any atom is 0.0921 e. The van der Waals surface area contributed by atoms with Crippen molar-refractivity contribution in [2.75, 3.05) is 13.1 Å². The van der Waals surface area contributed by atoms with Gasteiger partial charge in [0, 0.05) is 12.5 Å². The van der Waals surface area contributed by atoms with Crippen molar-refractivity contribution in [2.24, 2.45) is 5.73 Å². The number of hydrogen-bond donors (Lipinski definition) is 2. The number of nitrogens with zero attached hydrogens (tertiary/aromatic N) is 1. The third-order valence-electron chi connectivity index (χ3n) is 2.83. The van der Waals surface area contributed by atoms with Gasteiger partial charge in [0.1, 0.15) is 0 Å². The standard InChI is InChI=1S/C10H21N3/c1-2-9(8-10(11)12)13-6-4-3-5-7-13/h9H,2-8H2,1H3,(H3,11,12). The molecule has 76 valence electrons. The van der Waals surface area contributed by atoms with Crippen molar-refractivity contribution in [1.82, 2.24) is 4.90 Å². The first-order valence-electron chi connectivity index (χ1n) is 5.31. The highest BCUT2D eigenvalue weighted by atomic mass is 15.2. The monoisotopic (exact) mass is 183 g/mol. The van der Waals surface area contributed by atoms with E-state index < -0.39 is 0 Å². The van der Waals surface area contributed by atoms with Gasteiger partial charge in [0.25, 0.3) is 0 Å². The number of rotatable bonds is 4. The van der Waals surface area contributed by atoms with Crippen molar-refractivity contribution in [3.8, 4) is 0 Å². The van der Waals surface area contributed by atoms with Crippen molar-refractivity contribution in [3.63, 3.8) is 0 Å². The lowest BCUT2D eigenvalue weighted by Gasteiger charge is -2.33. The topological polar surface area (TPSA) is 53.1 Å². The fraction of sp³-hybridized carbons (Fsp3) is 0.900. The second kappa shape index (κ2) is 5.22. The Morgan fingerprint density at radius 1 is 1.38 bits per heavy atom. The van der Waals surface area contributed by atoms with E-state index in [0.29, 0.717) is 11.9 Å². The molecule has 0 aromatic carbocycles. The molecular weight excluding hydrogens is 162 g/mol. The van der Waals surface area contributed by atoms with Crippen molar-refractivity contribution in [2.45, 2.75) is 45.1 Å². The lowest BCUT2D eigenvalue weighted by atomic mass is 10.0. The predicted octanol–water partition coefficient (Wildman–Crippen LogP) is 1.58. The predicted molar refractivity (Wildman–Crippen MR) is 56.0 cm³/mol. The summed E-state index contributed by atoms with van der Waals surface area (Å²) < 4.78 is 0. The molecular formula is C10H21N3. The highest BCUT2D eigenvalue weighted by molar-refractivity contribution is 5.77. The van der Waals surface area contributed by atoms with E-state index in [2.05, 4.69) is 11.8 Å². The number of nitrogens with one attached hydrogen (secondary N) is 1. The van der Waals surface area contributed by atoms with Crippen molar-refractivity contribution >= 4 is 5.84 Å². The van der Waals surface area contributed by atoms with Crippen molar-refractivity contribution < 1.29 is 0 Å². The molecule has 1 rings (SSSR count). The Bertz CT molecular complexity index is 162. The first-order chi connectivity index (χ1) is 6.24. The molecule has 1 aliphatic rings. The Morgan fingerprint density at radius 3 is 2.46 bits per heavy atom. The summed E-state index contributed by atoms with van der Waals surface area (Å²) in [6.45, 7) is 4.58. The lowest BCUT2D eigenvalue weighted by Crippen LogP contribution is -2.40. The molecule has 1 saturated heterocycles. The van der Waals surface area contributed by atoms with E-state index in [-0.39, 0.29) is 0 Å². The van der Waals surface area contributed by atoms with Gasteiger partial charge in [-0.2, -0.15) is 0 Å². The first kappa shape index (κ1) is 10.5. The molecule has 0 aliphatic carbocycles. The number of hydrogen-bond acceptors (Lipinski definition) is 2. The zero-order valence-electron chi connectivity index (χ0n) is 8.55. The van der Waals surface area contributed by atoms with Gasteiger partial charge in [-0.1, -0.05) is 13.3 Å². The molecule has 1 heterocycles. The summed E-state index contributed by atoms with van der Waals surface area (Å²) in [5.41, 5.74) is 5.43. The van der Waals surface area contributed by atoms with Gasteiger partial charge in [-0.15, -0.1) is 0 Å². The zero-order valence-corrected chi connectivity index (χ0v) is 8.55. The molecule has 0 radical (unpaired) electrons. The lowest BCUT2D eigenvalue weighted by molar-refractivity contribution is 0.162.